The molecule has 0 aliphatic heterocycles. The summed E-state index contributed by atoms with van der Waals surface area (Å²) in [4.78, 5) is 26.2. The summed E-state index contributed by atoms with van der Waals surface area (Å²) < 4.78 is 1.53. The van der Waals surface area contributed by atoms with Crippen molar-refractivity contribution in [2.24, 2.45) is 12.5 Å². The SMILES string of the molecule is Cn1cnc(CNC(=O)NCC(C)(C)C(=O)O)n1. The van der Waals surface area contributed by atoms with E-state index >= 15 is 0 Å². The second kappa shape index (κ2) is 5.48. The minimum Gasteiger partial charge on any atom is -0.481 e. The van der Waals surface area contributed by atoms with Gasteiger partial charge in [0.2, 0.25) is 0 Å². The first kappa shape index (κ1) is 13.9. The minimum atomic E-state index is -0.999. The molecule has 1 aromatic rings. The highest BCUT2D eigenvalue weighted by atomic mass is 16.4. The zero-order chi connectivity index (χ0) is 13.8. The highest BCUT2D eigenvalue weighted by Crippen LogP contribution is 2.12. The fourth-order valence-corrected chi connectivity index (χ4v) is 1.06. The molecule has 0 atom stereocenters. The predicted molar refractivity (Wildman–Crippen MR) is 62.7 cm³/mol. The van der Waals surface area contributed by atoms with Gasteiger partial charge in [0.15, 0.2) is 5.82 Å². The van der Waals surface area contributed by atoms with Gasteiger partial charge >= 0.3 is 12.0 Å². The molecule has 3 N–H and O–H groups in total. The highest BCUT2D eigenvalue weighted by molar-refractivity contribution is 5.77. The van der Waals surface area contributed by atoms with E-state index in [1.807, 2.05) is 0 Å². The van der Waals surface area contributed by atoms with E-state index in [9.17, 15) is 9.59 Å². The molecule has 0 aromatic carbocycles. The zero-order valence-electron chi connectivity index (χ0n) is 10.6. The van der Waals surface area contributed by atoms with Crippen LogP contribution in [0.5, 0.6) is 0 Å². The normalized spacial score (nSPS) is 11.1. The van der Waals surface area contributed by atoms with Gasteiger partial charge in [0, 0.05) is 13.6 Å². The topological polar surface area (TPSA) is 109 Å². The molecule has 8 heteroatoms. The van der Waals surface area contributed by atoms with Crippen LogP contribution in [0.3, 0.4) is 0 Å². The molecule has 1 rings (SSSR count). The number of hydrogen-bond donors (Lipinski definition) is 3. The van der Waals surface area contributed by atoms with Crippen LogP contribution in [-0.4, -0.2) is 38.4 Å². The van der Waals surface area contributed by atoms with Crippen molar-refractivity contribution in [2.45, 2.75) is 20.4 Å². The summed E-state index contributed by atoms with van der Waals surface area (Å²) in [6, 6.07) is -0.447. The summed E-state index contributed by atoms with van der Waals surface area (Å²) in [6.45, 7) is 3.32. The monoisotopic (exact) mass is 255 g/mol. The van der Waals surface area contributed by atoms with Gasteiger partial charge in [0.1, 0.15) is 6.33 Å². The standard InChI is InChI=1S/C10H17N5O3/c1-10(2,8(16)17)5-12-9(18)11-4-7-13-6-15(3)14-7/h6H,4-5H2,1-3H3,(H,16,17)(H2,11,12,18). The molecule has 100 valence electrons. The number of aliphatic carboxylic acids is 1. The molecule has 8 nitrogen and oxygen atoms in total. The molecule has 0 saturated carbocycles. The number of aryl methyl sites for hydroxylation is 1. The largest absolute Gasteiger partial charge is 0.481 e. The number of carboxylic acid groups (broad SMARTS) is 1. The van der Waals surface area contributed by atoms with E-state index in [0.29, 0.717) is 5.82 Å². The Morgan fingerprint density at radius 3 is 2.61 bits per heavy atom. The first-order chi connectivity index (χ1) is 8.31. The van der Waals surface area contributed by atoms with E-state index in [0.717, 1.165) is 0 Å². The van der Waals surface area contributed by atoms with Crippen molar-refractivity contribution in [1.29, 1.82) is 0 Å². The Morgan fingerprint density at radius 2 is 2.11 bits per heavy atom. The van der Waals surface area contributed by atoms with Crippen molar-refractivity contribution >= 4 is 12.0 Å². The molecule has 18 heavy (non-hydrogen) atoms. The van der Waals surface area contributed by atoms with Gasteiger partial charge in [-0.15, -0.1) is 0 Å². The van der Waals surface area contributed by atoms with Crippen molar-refractivity contribution in [3.8, 4) is 0 Å². The lowest BCUT2D eigenvalue weighted by atomic mass is 9.94. The van der Waals surface area contributed by atoms with Crippen LogP contribution in [0.25, 0.3) is 0 Å². The Hall–Kier alpha value is -2.12. The van der Waals surface area contributed by atoms with Gasteiger partial charge in [-0.25, -0.2) is 9.78 Å². The predicted octanol–water partition coefficient (Wildman–Crippen LogP) is -0.275. The minimum absolute atomic E-state index is 0.0454. The smallest absolute Gasteiger partial charge is 0.315 e. The number of amides is 2. The Balaban J connectivity index is 2.32. The van der Waals surface area contributed by atoms with E-state index in [-0.39, 0.29) is 13.1 Å². The number of nitrogens with zero attached hydrogens (tertiary/aromatic N) is 3. The molecule has 0 bridgehead atoms. The first-order valence-electron chi connectivity index (χ1n) is 5.41. The van der Waals surface area contributed by atoms with Gasteiger partial charge in [-0.05, 0) is 13.8 Å². The van der Waals surface area contributed by atoms with E-state index in [1.54, 1.807) is 7.05 Å². The summed E-state index contributed by atoms with van der Waals surface area (Å²) in [5.74, 6) is -0.473. The van der Waals surface area contributed by atoms with Crippen LogP contribution >= 0.6 is 0 Å². The van der Waals surface area contributed by atoms with E-state index in [2.05, 4.69) is 20.7 Å². The molecule has 0 spiro atoms. The second-order valence-corrected chi connectivity index (χ2v) is 4.56. The average Bonchev–Trinajstić information content (AvgIpc) is 2.69. The number of urea groups is 1. The maximum Gasteiger partial charge on any atom is 0.315 e. The molecule has 0 fully saturated rings. The van der Waals surface area contributed by atoms with E-state index in [4.69, 9.17) is 5.11 Å². The van der Waals surface area contributed by atoms with Gasteiger partial charge in [0.25, 0.3) is 0 Å². The lowest BCUT2D eigenvalue weighted by molar-refractivity contribution is -0.146. The fourth-order valence-electron chi connectivity index (χ4n) is 1.06. The van der Waals surface area contributed by atoms with Crippen LogP contribution < -0.4 is 10.6 Å². The quantitative estimate of drug-likeness (QED) is 0.670. The van der Waals surface area contributed by atoms with Crippen molar-refractivity contribution < 1.29 is 14.7 Å². The average molecular weight is 255 g/mol. The summed E-state index contributed by atoms with van der Waals surface area (Å²) in [7, 11) is 1.73. The molecule has 1 aromatic heterocycles. The van der Waals surface area contributed by atoms with Crippen LogP contribution in [0.4, 0.5) is 4.79 Å². The Morgan fingerprint density at radius 1 is 1.44 bits per heavy atom. The Bertz CT molecular complexity index is 440. The summed E-state index contributed by atoms with van der Waals surface area (Å²) in [5, 5.41) is 17.9. The maximum absolute atomic E-state index is 11.4. The van der Waals surface area contributed by atoms with Crippen molar-refractivity contribution in [3.63, 3.8) is 0 Å². The zero-order valence-corrected chi connectivity index (χ0v) is 10.6. The van der Waals surface area contributed by atoms with Crippen LogP contribution in [0.2, 0.25) is 0 Å². The Labute approximate surface area is 104 Å². The third-order valence-corrected chi connectivity index (χ3v) is 2.32. The molecule has 0 unspecified atom stereocenters. The summed E-state index contributed by atoms with van der Waals surface area (Å²) >= 11 is 0. The van der Waals surface area contributed by atoms with Crippen LogP contribution in [0.1, 0.15) is 19.7 Å². The number of nitrogens with one attached hydrogen (secondary N) is 2. The van der Waals surface area contributed by atoms with Crippen molar-refractivity contribution in [2.75, 3.05) is 6.54 Å². The van der Waals surface area contributed by atoms with Gasteiger partial charge < -0.3 is 15.7 Å². The number of hydrogen-bond acceptors (Lipinski definition) is 4. The van der Waals surface area contributed by atoms with Gasteiger partial charge in [0.05, 0.1) is 12.0 Å². The molecule has 2 amide bonds. The van der Waals surface area contributed by atoms with Crippen LogP contribution in [0, 0.1) is 5.41 Å². The summed E-state index contributed by atoms with van der Waals surface area (Å²) in [5.41, 5.74) is -0.999. The second-order valence-electron chi connectivity index (χ2n) is 4.56. The number of carbonyl (C=O) groups is 2. The molecule has 0 saturated heterocycles. The fraction of sp³-hybridized carbons (Fsp3) is 0.600. The first-order valence-corrected chi connectivity index (χ1v) is 5.41. The van der Waals surface area contributed by atoms with Crippen LogP contribution in [-0.2, 0) is 18.4 Å². The number of rotatable bonds is 5. The number of carboxylic acids is 1. The van der Waals surface area contributed by atoms with Gasteiger partial charge in [-0.1, -0.05) is 0 Å². The maximum atomic E-state index is 11.4. The van der Waals surface area contributed by atoms with Crippen molar-refractivity contribution in [1.82, 2.24) is 25.4 Å². The molecular weight excluding hydrogens is 238 g/mol. The molecule has 0 aliphatic rings. The van der Waals surface area contributed by atoms with Crippen LogP contribution in [0.15, 0.2) is 6.33 Å². The van der Waals surface area contributed by atoms with E-state index < -0.39 is 17.4 Å². The molecule has 0 radical (unpaired) electrons. The van der Waals surface area contributed by atoms with E-state index in [1.165, 1.54) is 24.9 Å². The van der Waals surface area contributed by atoms with Gasteiger partial charge in [-0.3, -0.25) is 9.48 Å². The third-order valence-electron chi connectivity index (χ3n) is 2.32. The van der Waals surface area contributed by atoms with Gasteiger partial charge in [-0.2, -0.15) is 5.10 Å². The Kier molecular flexibility index (Phi) is 4.24. The molecule has 0 aliphatic carbocycles. The van der Waals surface area contributed by atoms with Crippen molar-refractivity contribution in [3.05, 3.63) is 12.2 Å². The lowest BCUT2D eigenvalue weighted by Crippen LogP contribution is -2.43. The number of aromatic nitrogens is 3. The number of carbonyl (C=O) groups excluding carboxylic acids is 1. The highest BCUT2D eigenvalue weighted by Gasteiger charge is 2.27. The lowest BCUT2D eigenvalue weighted by Gasteiger charge is -2.19. The third kappa shape index (κ3) is 4.04. The molecular formula is C10H17N5O3. The molecule has 1 heterocycles. The summed E-state index contributed by atoms with van der Waals surface area (Å²) in [6.07, 6.45) is 1.53.